The van der Waals surface area contributed by atoms with Gasteiger partial charge in [0, 0.05) is 43.5 Å². The molecule has 30 heavy (non-hydrogen) atoms. The Kier molecular flexibility index (Phi) is 5.18. The SMILES string of the molecule is Cc1ccc(C)c(N2N=C(C(=O)Nc3cccc(-c4nccn4C)c3)CCC2=O)c1. The molecule has 2 amide bonds. The van der Waals surface area contributed by atoms with Gasteiger partial charge in [0.1, 0.15) is 11.5 Å². The van der Waals surface area contributed by atoms with Gasteiger partial charge in [0.05, 0.1) is 5.69 Å². The highest BCUT2D eigenvalue weighted by molar-refractivity contribution is 6.44. The first-order valence-electron chi connectivity index (χ1n) is 9.79. The van der Waals surface area contributed by atoms with Gasteiger partial charge in [0.15, 0.2) is 0 Å². The number of carbonyl (C=O) groups excluding carboxylic acids is 2. The number of aryl methyl sites for hydroxylation is 3. The Hall–Kier alpha value is -3.74. The van der Waals surface area contributed by atoms with E-state index in [0.29, 0.717) is 23.5 Å². The van der Waals surface area contributed by atoms with Crippen molar-refractivity contribution in [2.45, 2.75) is 26.7 Å². The van der Waals surface area contributed by atoms with E-state index in [9.17, 15) is 9.59 Å². The number of carbonyl (C=O) groups is 2. The quantitative estimate of drug-likeness (QED) is 0.722. The van der Waals surface area contributed by atoms with Crippen LogP contribution in [-0.4, -0.2) is 27.1 Å². The van der Waals surface area contributed by atoms with E-state index in [1.165, 1.54) is 5.01 Å². The van der Waals surface area contributed by atoms with Crippen LogP contribution in [0.15, 0.2) is 60.0 Å². The topological polar surface area (TPSA) is 79.6 Å². The van der Waals surface area contributed by atoms with Crippen molar-refractivity contribution >= 4 is 28.9 Å². The maximum absolute atomic E-state index is 12.9. The van der Waals surface area contributed by atoms with Crippen molar-refractivity contribution in [1.29, 1.82) is 0 Å². The number of hydrogen-bond donors (Lipinski definition) is 1. The molecule has 1 N–H and O–H groups in total. The molecule has 4 rings (SSSR count). The lowest BCUT2D eigenvalue weighted by atomic mass is 10.1. The fourth-order valence-electron chi connectivity index (χ4n) is 3.44. The highest BCUT2D eigenvalue weighted by Gasteiger charge is 2.26. The largest absolute Gasteiger partial charge is 0.334 e. The summed E-state index contributed by atoms with van der Waals surface area (Å²) in [6.45, 7) is 3.89. The van der Waals surface area contributed by atoms with Gasteiger partial charge in [-0.1, -0.05) is 24.3 Å². The maximum atomic E-state index is 12.9. The van der Waals surface area contributed by atoms with Gasteiger partial charge < -0.3 is 9.88 Å². The van der Waals surface area contributed by atoms with Crippen molar-refractivity contribution in [3.05, 3.63) is 66.0 Å². The van der Waals surface area contributed by atoms with Gasteiger partial charge in [-0.05, 0) is 43.2 Å². The Morgan fingerprint density at radius 2 is 1.93 bits per heavy atom. The van der Waals surface area contributed by atoms with Crippen molar-refractivity contribution < 1.29 is 9.59 Å². The minimum atomic E-state index is -0.310. The van der Waals surface area contributed by atoms with E-state index in [1.54, 1.807) is 6.20 Å². The molecule has 0 atom stereocenters. The van der Waals surface area contributed by atoms with Gasteiger partial charge in [0.2, 0.25) is 5.91 Å². The second kappa shape index (κ2) is 7.94. The lowest BCUT2D eigenvalue weighted by Gasteiger charge is -2.24. The molecule has 7 heteroatoms. The highest BCUT2D eigenvalue weighted by Crippen LogP contribution is 2.26. The predicted molar refractivity (Wildman–Crippen MR) is 117 cm³/mol. The van der Waals surface area contributed by atoms with E-state index in [2.05, 4.69) is 15.4 Å². The van der Waals surface area contributed by atoms with Crippen molar-refractivity contribution in [3.8, 4) is 11.4 Å². The molecule has 1 aromatic heterocycles. The number of anilines is 2. The minimum absolute atomic E-state index is 0.114. The fourth-order valence-corrected chi connectivity index (χ4v) is 3.44. The molecule has 7 nitrogen and oxygen atoms in total. The molecule has 0 saturated heterocycles. The average Bonchev–Trinajstić information content (AvgIpc) is 3.16. The summed E-state index contributed by atoms with van der Waals surface area (Å²) in [6, 6.07) is 13.3. The zero-order chi connectivity index (χ0) is 21.3. The van der Waals surface area contributed by atoms with Gasteiger partial charge in [-0.15, -0.1) is 0 Å². The smallest absolute Gasteiger partial charge is 0.271 e. The first-order chi connectivity index (χ1) is 14.4. The van der Waals surface area contributed by atoms with Gasteiger partial charge in [-0.2, -0.15) is 5.10 Å². The van der Waals surface area contributed by atoms with Gasteiger partial charge >= 0.3 is 0 Å². The van der Waals surface area contributed by atoms with Crippen molar-refractivity contribution in [3.63, 3.8) is 0 Å². The van der Waals surface area contributed by atoms with Gasteiger partial charge in [-0.25, -0.2) is 9.99 Å². The van der Waals surface area contributed by atoms with E-state index in [-0.39, 0.29) is 18.2 Å². The molecule has 3 aromatic rings. The van der Waals surface area contributed by atoms with E-state index >= 15 is 0 Å². The molecule has 0 radical (unpaired) electrons. The van der Waals surface area contributed by atoms with Crippen LogP contribution in [0.3, 0.4) is 0 Å². The summed E-state index contributed by atoms with van der Waals surface area (Å²) >= 11 is 0. The molecule has 0 aliphatic carbocycles. The van der Waals surface area contributed by atoms with Gasteiger partial charge in [0.25, 0.3) is 5.91 Å². The van der Waals surface area contributed by atoms with Gasteiger partial charge in [-0.3, -0.25) is 9.59 Å². The molecule has 1 aliphatic rings. The number of aromatic nitrogens is 2. The van der Waals surface area contributed by atoms with Crippen molar-refractivity contribution in [1.82, 2.24) is 9.55 Å². The van der Waals surface area contributed by atoms with E-state index in [0.717, 1.165) is 22.5 Å². The molecule has 0 saturated carbocycles. The third-order valence-electron chi connectivity index (χ3n) is 5.09. The van der Waals surface area contributed by atoms with Crippen LogP contribution in [0.5, 0.6) is 0 Å². The Balaban J connectivity index is 1.58. The zero-order valence-corrected chi connectivity index (χ0v) is 17.2. The van der Waals surface area contributed by atoms with Crippen LogP contribution in [-0.2, 0) is 16.6 Å². The van der Waals surface area contributed by atoms with E-state index in [4.69, 9.17) is 0 Å². The summed E-state index contributed by atoms with van der Waals surface area (Å²) in [5, 5.41) is 8.64. The zero-order valence-electron chi connectivity index (χ0n) is 17.2. The Bertz CT molecular complexity index is 1160. The normalized spacial score (nSPS) is 13.9. The van der Waals surface area contributed by atoms with E-state index in [1.807, 2.05) is 74.1 Å². The van der Waals surface area contributed by atoms with Crippen LogP contribution in [0.1, 0.15) is 24.0 Å². The first-order valence-corrected chi connectivity index (χ1v) is 9.79. The number of imidazole rings is 1. The van der Waals surface area contributed by atoms with Crippen LogP contribution in [0, 0.1) is 13.8 Å². The number of nitrogens with one attached hydrogen (secondary N) is 1. The summed E-state index contributed by atoms with van der Waals surface area (Å²) < 4.78 is 1.92. The molecule has 152 valence electrons. The molecular formula is C23H23N5O2. The Labute approximate surface area is 175 Å². The fraction of sp³-hybridized carbons (Fsp3) is 0.217. The third kappa shape index (κ3) is 3.87. The summed E-state index contributed by atoms with van der Waals surface area (Å²) in [7, 11) is 1.92. The number of hydrogen-bond acceptors (Lipinski definition) is 4. The molecular weight excluding hydrogens is 378 g/mol. The molecule has 1 aliphatic heterocycles. The van der Waals surface area contributed by atoms with E-state index < -0.39 is 0 Å². The molecule has 0 spiro atoms. The van der Waals surface area contributed by atoms with Crippen LogP contribution < -0.4 is 10.3 Å². The number of rotatable bonds is 4. The lowest BCUT2D eigenvalue weighted by Crippen LogP contribution is -2.36. The first kappa shape index (κ1) is 19.6. The lowest BCUT2D eigenvalue weighted by molar-refractivity contribution is -0.118. The van der Waals surface area contributed by atoms with Crippen LogP contribution >= 0.6 is 0 Å². The average molecular weight is 401 g/mol. The second-order valence-corrected chi connectivity index (χ2v) is 7.44. The third-order valence-corrected chi connectivity index (χ3v) is 5.09. The maximum Gasteiger partial charge on any atom is 0.271 e. The molecule has 2 heterocycles. The second-order valence-electron chi connectivity index (χ2n) is 7.44. The van der Waals surface area contributed by atoms with Crippen LogP contribution in [0.2, 0.25) is 0 Å². The number of hydrazone groups is 1. The number of amides is 2. The molecule has 0 unspecified atom stereocenters. The highest BCUT2D eigenvalue weighted by atomic mass is 16.2. The van der Waals surface area contributed by atoms with Crippen LogP contribution in [0.4, 0.5) is 11.4 Å². The minimum Gasteiger partial charge on any atom is -0.334 e. The standard InChI is InChI=1S/C23H23N5O2/c1-15-7-8-16(2)20(13-15)28-21(29)10-9-19(26-28)23(30)25-18-6-4-5-17(14-18)22-24-11-12-27(22)3/h4-8,11-14H,9-10H2,1-3H3,(H,25,30). The predicted octanol–water partition coefficient (Wildman–Crippen LogP) is 3.83. The molecule has 2 aromatic carbocycles. The molecule has 0 bridgehead atoms. The Morgan fingerprint density at radius 3 is 2.70 bits per heavy atom. The Morgan fingerprint density at radius 1 is 1.10 bits per heavy atom. The summed E-state index contributed by atoms with van der Waals surface area (Å²) in [4.78, 5) is 29.7. The molecule has 0 fully saturated rings. The number of nitrogens with zero attached hydrogens (tertiary/aromatic N) is 4. The van der Waals surface area contributed by atoms with Crippen LogP contribution in [0.25, 0.3) is 11.4 Å². The summed E-state index contributed by atoms with van der Waals surface area (Å²) in [5.74, 6) is 0.389. The van der Waals surface area contributed by atoms with Crippen molar-refractivity contribution in [2.75, 3.05) is 10.3 Å². The van der Waals surface area contributed by atoms with Crippen molar-refractivity contribution in [2.24, 2.45) is 12.1 Å². The summed E-state index contributed by atoms with van der Waals surface area (Å²) in [5.41, 5.74) is 4.56. The number of benzene rings is 2. The summed E-state index contributed by atoms with van der Waals surface area (Å²) in [6.07, 6.45) is 4.16. The monoisotopic (exact) mass is 401 g/mol.